The maximum atomic E-state index is 8.73. The number of aromatic nitrogens is 3. The van der Waals surface area contributed by atoms with Crippen molar-refractivity contribution in [3.05, 3.63) is 46.0 Å². The fraction of sp³-hybridized carbons (Fsp3) is 0.0833. The summed E-state index contributed by atoms with van der Waals surface area (Å²) < 4.78 is 5.16. The van der Waals surface area contributed by atoms with Crippen LogP contribution in [0, 0.1) is 11.3 Å². The Balaban J connectivity index is 1.83. The van der Waals surface area contributed by atoms with Crippen molar-refractivity contribution >= 4 is 11.3 Å². The topological polar surface area (TPSA) is 78.5 Å². The summed E-state index contributed by atoms with van der Waals surface area (Å²) in [5, 5.41) is 14.7. The van der Waals surface area contributed by atoms with Crippen LogP contribution < -0.4 is 0 Å². The van der Waals surface area contributed by atoms with Crippen molar-refractivity contribution in [2.24, 2.45) is 0 Å². The monoisotopic (exact) mass is 256 g/mol. The molecule has 88 valence electrons. The molecule has 3 rings (SSSR count). The van der Waals surface area contributed by atoms with Crippen LogP contribution in [0.15, 0.2) is 34.2 Å². The standard InChI is InChI=1S/C12H8N4OS/c13-7-8-3-4-10(14-8)12-15-11(16-17-12)6-9-2-1-5-18-9/h1-5,14H,6H2. The molecule has 0 unspecified atom stereocenters. The highest BCUT2D eigenvalue weighted by Crippen LogP contribution is 2.18. The van der Waals surface area contributed by atoms with Gasteiger partial charge in [-0.1, -0.05) is 11.2 Å². The zero-order chi connectivity index (χ0) is 12.4. The maximum Gasteiger partial charge on any atom is 0.274 e. The summed E-state index contributed by atoms with van der Waals surface area (Å²) in [5.74, 6) is 1.05. The molecule has 0 spiro atoms. The fourth-order valence-electron chi connectivity index (χ4n) is 1.59. The molecule has 0 aliphatic rings. The minimum atomic E-state index is 0.406. The minimum absolute atomic E-state index is 0.406. The van der Waals surface area contributed by atoms with E-state index < -0.39 is 0 Å². The van der Waals surface area contributed by atoms with E-state index in [1.807, 2.05) is 23.6 Å². The third-order valence-corrected chi connectivity index (χ3v) is 3.29. The SMILES string of the molecule is N#Cc1ccc(-c2nc(Cc3cccs3)no2)[nH]1. The molecule has 0 saturated carbocycles. The molecule has 3 heterocycles. The Morgan fingerprint density at radius 3 is 3.06 bits per heavy atom. The van der Waals surface area contributed by atoms with Crippen molar-refractivity contribution < 1.29 is 4.52 Å². The number of aromatic amines is 1. The van der Waals surface area contributed by atoms with Gasteiger partial charge in [0.05, 0.1) is 0 Å². The van der Waals surface area contributed by atoms with E-state index in [0.717, 1.165) is 0 Å². The molecular weight excluding hydrogens is 248 g/mol. The third-order valence-electron chi connectivity index (χ3n) is 2.42. The second-order valence-electron chi connectivity index (χ2n) is 3.67. The van der Waals surface area contributed by atoms with Crippen molar-refractivity contribution in [1.29, 1.82) is 5.26 Å². The molecule has 3 aromatic rings. The van der Waals surface area contributed by atoms with Crippen molar-refractivity contribution in [1.82, 2.24) is 15.1 Å². The van der Waals surface area contributed by atoms with Crippen LogP contribution >= 0.6 is 11.3 Å². The number of nitriles is 1. The van der Waals surface area contributed by atoms with Crippen LogP contribution in [-0.2, 0) is 6.42 Å². The summed E-state index contributed by atoms with van der Waals surface area (Å²) >= 11 is 1.66. The van der Waals surface area contributed by atoms with Crippen molar-refractivity contribution in [2.45, 2.75) is 6.42 Å². The molecule has 0 aromatic carbocycles. The quantitative estimate of drug-likeness (QED) is 0.781. The highest BCUT2D eigenvalue weighted by atomic mass is 32.1. The Kier molecular flexibility index (Phi) is 2.67. The Hall–Kier alpha value is -2.39. The molecular formula is C12H8N4OS. The van der Waals surface area contributed by atoms with Gasteiger partial charge in [0.1, 0.15) is 17.5 Å². The number of hydrogen-bond acceptors (Lipinski definition) is 5. The number of rotatable bonds is 3. The van der Waals surface area contributed by atoms with E-state index in [-0.39, 0.29) is 0 Å². The van der Waals surface area contributed by atoms with Crippen LogP contribution in [0.5, 0.6) is 0 Å². The van der Waals surface area contributed by atoms with Gasteiger partial charge in [0.25, 0.3) is 5.89 Å². The number of nitrogens with zero attached hydrogens (tertiary/aromatic N) is 3. The van der Waals surface area contributed by atoms with Gasteiger partial charge >= 0.3 is 0 Å². The highest BCUT2D eigenvalue weighted by molar-refractivity contribution is 7.09. The minimum Gasteiger partial charge on any atom is -0.342 e. The Bertz CT molecular complexity index is 690. The van der Waals surface area contributed by atoms with Crippen molar-refractivity contribution in [3.8, 4) is 17.7 Å². The van der Waals surface area contributed by atoms with E-state index in [4.69, 9.17) is 9.78 Å². The zero-order valence-electron chi connectivity index (χ0n) is 9.25. The van der Waals surface area contributed by atoms with E-state index in [1.54, 1.807) is 23.5 Å². The molecule has 0 aliphatic carbocycles. The maximum absolute atomic E-state index is 8.73. The Labute approximate surface area is 107 Å². The van der Waals surface area contributed by atoms with Crippen LogP contribution in [0.2, 0.25) is 0 Å². The molecule has 0 saturated heterocycles. The molecule has 0 bridgehead atoms. The van der Waals surface area contributed by atoms with Crippen LogP contribution in [0.1, 0.15) is 16.4 Å². The third kappa shape index (κ3) is 2.04. The first-order valence-corrected chi connectivity index (χ1v) is 6.17. The van der Waals surface area contributed by atoms with Gasteiger partial charge < -0.3 is 9.51 Å². The molecule has 0 fully saturated rings. The Morgan fingerprint density at radius 1 is 1.39 bits per heavy atom. The summed E-state index contributed by atoms with van der Waals surface area (Å²) in [7, 11) is 0. The number of hydrogen-bond donors (Lipinski definition) is 1. The van der Waals surface area contributed by atoms with Gasteiger partial charge in [-0.3, -0.25) is 0 Å². The van der Waals surface area contributed by atoms with Crippen LogP contribution in [-0.4, -0.2) is 15.1 Å². The smallest absolute Gasteiger partial charge is 0.274 e. The predicted molar refractivity (Wildman–Crippen MR) is 65.9 cm³/mol. The summed E-state index contributed by atoms with van der Waals surface area (Å²) in [4.78, 5) is 8.37. The molecule has 0 amide bonds. The van der Waals surface area contributed by atoms with E-state index in [9.17, 15) is 0 Å². The summed E-state index contributed by atoms with van der Waals surface area (Å²) in [6.45, 7) is 0. The lowest BCUT2D eigenvalue weighted by molar-refractivity contribution is 0.423. The first kappa shape index (κ1) is 10.7. The lowest BCUT2D eigenvalue weighted by Gasteiger charge is -1.87. The molecule has 0 atom stereocenters. The molecule has 1 N–H and O–H groups in total. The lowest BCUT2D eigenvalue weighted by atomic mass is 10.3. The van der Waals surface area contributed by atoms with E-state index >= 15 is 0 Å². The summed E-state index contributed by atoms with van der Waals surface area (Å²) in [6, 6.07) is 9.47. The highest BCUT2D eigenvalue weighted by Gasteiger charge is 2.11. The fourth-order valence-corrected chi connectivity index (χ4v) is 2.29. The van der Waals surface area contributed by atoms with Crippen LogP contribution in [0.25, 0.3) is 11.6 Å². The summed E-state index contributed by atoms with van der Waals surface area (Å²) in [5.41, 5.74) is 1.14. The first-order valence-electron chi connectivity index (χ1n) is 5.29. The van der Waals surface area contributed by atoms with E-state index in [0.29, 0.717) is 29.5 Å². The molecule has 3 aromatic heterocycles. The van der Waals surface area contributed by atoms with Crippen LogP contribution in [0.3, 0.4) is 0 Å². The molecule has 5 nitrogen and oxygen atoms in total. The van der Waals surface area contributed by atoms with Gasteiger partial charge in [0, 0.05) is 11.3 Å². The molecule has 0 radical (unpaired) electrons. The van der Waals surface area contributed by atoms with Crippen LogP contribution in [0.4, 0.5) is 0 Å². The number of H-pyrrole nitrogens is 1. The zero-order valence-corrected chi connectivity index (χ0v) is 10.1. The van der Waals surface area contributed by atoms with Gasteiger partial charge in [-0.05, 0) is 23.6 Å². The van der Waals surface area contributed by atoms with E-state index in [1.165, 1.54) is 4.88 Å². The largest absolute Gasteiger partial charge is 0.342 e. The number of thiophene rings is 1. The Morgan fingerprint density at radius 2 is 2.33 bits per heavy atom. The average molecular weight is 256 g/mol. The predicted octanol–water partition coefficient (Wildman–Crippen LogP) is 2.59. The molecule has 0 aliphatic heterocycles. The van der Waals surface area contributed by atoms with Crippen molar-refractivity contribution in [2.75, 3.05) is 0 Å². The normalized spacial score (nSPS) is 10.4. The van der Waals surface area contributed by atoms with Gasteiger partial charge in [-0.25, -0.2) is 0 Å². The average Bonchev–Trinajstić information content (AvgIpc) is 3.09. The van der Waals surface area contributed by atoms with Gasteiger partial charge in [0.2, 0.25) is 0 Å². The molecule has 18 heavy (non-hydrogen) atoms. The second-order valence-corrected chi connectivity index (χ2v) is 4.70. The first-order chi connectivity index (χ1) is 8.85. The molecule has 6 heteroatoms. The summed E-state index contributed by atoms with van der Waals surface area (Å²) in [6.07, 6.45) is 0.660. The van der Waals surface area contributed by atoms with Crippen molar-refractivity contribution in [3.63, 3.8) is 0 Å². The second kappa shape index (κ2) is 4.47. The van der Waals surface area contributed by atoms with Gasteiger partial charge in [0.15, 0.2) is 5.82 Å². The van der Waals surface area contributed by atoms with Gasteiger partial charge in [-0.2, -0.15) is 10.2 Å². The lowest BCUT2D eigenvalue weighted by Crippen LogP contribution is -1.87. The number of nitrogens with one attached hydrogen (secondary N) is 1. The van der Waals surface area contributed by atoms with E-state index in [2.05, 4.69) is 15.1 Å². The van der Waals surface area contributed by atoms with Gasteiger partial charge in [-0.15, -0.1) is 11.3 Å².